The van der Waals surface area contributed by atoms with Crippen molar-refractivity contribution in [2.24, 2.45) is 5.73 Å². The van der Waals surface area contributed by atoms with Crippen molar-refractivity contribution in [3.05, 3.63) is 48.3 Å². The van der Waals surface area contributed by atoms with Crippen LogP contribution in [-0.2, 0) is 11.3 Å². The number of aromatic nitrogens is 2. The fourth-order valence-corrected chi connectivity index (χ4v) is 1.53. The third-order valence-corrected chi connectivity index (χ3v) is 2.54. The predicted octanol–water partition coefficient (Wildman–Crippen LogP) is 1.22. The fraction of sp³-hybridized carbons (Fsp3) is 0.231. The molecule has 0 saturated heterocycles. The molecule has 0 spiro atoms. The lowest BCUT2D eigenvalue weighted by atomic mass is 10.2. The van der Waals surface area contributed by atoms with Crippen LogP contribution in [0.2, 0.25) is 0 Å². The third kappa shape index (κ3) is 3.18. The number of anilines is 1. The number of hydrogen-bond acceptors (Lipinski definition) is 3. The van der Waals surface area contributed by atoms with Gasteiger partial charge in [-0.25, -0.2) is 0 Å². The molecule has 94 valence electrons. The average molecular weight is 244 g/mol. The highest BCUT2D eigenvalue weighted by Gasteiger charge is 2.06. The van der Waals surface area contributed by atoms with Gasteiger partial charge in [-0.2, -0.15) is 5.10 Å². The van der Waals surface area contributed by atoms with Gasteiger partial charge in [-0.3, -0.25) is 9.48 Å². The molecule has 0 saturated carbocycles. The van der Waals surface area contributed by atoms with Gasteiger partial charge in [0.25, 0.3) is 0 Å². The van der Waals surface area contributed by atoms with Gasteiger partial charge in [0.2, 0.25) is 5.91 Å². The maximum Gasteiger partial charge on any atom is 0.240 e. The van der Waals surface area contributed by atoms with Gasteiger partial charge in [0.1, 0.15) is 0 Å². The van der Waals surface area contributed by atoms with Crippen molar-refractivity contribution >= 4 is 11.6 Å². The van der Waals surface area contributed by atoms with E-state index in [1.807, 2.05) is 41.2 Å². The number of carbonyl (C=O) groups is 1. The molecule has 0 aliphatic rings. The van der Waals surface area contributed by atoms with E-state index in [0.29, 0.717) is 6.54 Å². The summed E-state index contributed by atoms with van der Waals surface area (Å²) < 4.78 is 1.84. The van der Waals surface area contributed by atoms with Crippen molar-refractivity contribution in [2.75, 3.05) is 5.32 Å². The topological polar surface area (TPSA) is 72.9 Å². The number of carbonyl (C=O) groups excluding carboxylic acids is 1. The van der Waals surface area contributed by atoms with Crippen molar-refractivity contribution in [2.45, 2.75) is 19.5 Å². The summed E-state index contributed by atoms with van der Waals surface area (Å²) in [6.07, 6.45) is 3.66. The molecule has 1 aromatic heterocycles. The van der Waals surface area contributed by atoms with E-state index < -0.39 is 6.04 Å². The second kappa shape index (κ2) is 5.46. The molecule has 3 N–H and O–H groups in total. The van der Waals surface area contributed by atoms with Gasteiger partial charge in [-0.15, -0.1) is 0 Å². The summed E-state index contributed by atoms with van der Waals surface area (Å²) in [5.41, 5.74) is 7.35. The Bertz CT molecular complexity index is 502. The Kier molecular flexibility index (Phi) is 3.74. The number of hydrogen-bond donors (Lipinski definition) is 2. The van der Waals surface area contributed by atoms with E-state index in [9.17, 15) is 4.79 Å². The van der Waals surface area contributed by atoms with Gasteiger partial charge in [0.15, 0.2) is 0 Å². The van der Waals surface area contributed by atoms with E-state index in [1.54, 1.807) is 13.1 Å². The van der Waals surface area contributed by atoms with Crippen molar-refractivity contribution < 1.29 is 4.79 Å². The predicted molar refractivity (Wildman–Crippen MR) is 70.1 cm³/mol. The molecule has 1 amide bonds. The van der Waals surface area contributed by atoms with E-state index >= 15 is 0 Å². The van der Waals surface area contributed by atoms with Gasteiger partial charge >= 0.3 is 0 Å². The first-order chi connectivity index (χ1) is 8.65. The highest BCUT2D eigenvalue weighted by Crippen LogP contribution is 2.10. The first kappa shape index (κ1) is 12.3. The van der Waals surface area contributed by atoms with Crippen LogP contribution in [0.4, 0.5) is 5.69 Å². The molecule has 0 aliphatic carbocycles. The molecule has 5 heteroatoms. The van der Waals surface area contributed by atoms with Gasteiger partial charge in [-0.1, -0.05) is 12.1 Å². The maximum atomic E-state index is 11.4. The summed E-state index contributed by atoms with van der Waals surface area (Å²) in [6, 6.07) is 9.01. The van der Waals surface area contributed by atoms with Crippen molar-refractivity contribution in [1.82, 2.24) is 9.78 Å². The van der Waals surface area contributed by atoms with Crippen LogP contribution in [0.25, 0.3) is 0 Å². The average Bonchev–Trinajstić information content (AvgIpc) is 2.84. The lowest BCUT2D eigenvalue weighted by molar-refractivity contribution is -0.117. The molecule has 1 atom stereocenters. The molecule has 2 rings (SSSR count). The van der Waals surface area contributed by atoms with Crippen LogP contribution in [0.15, 0.2) is 42.7 Å². The molecule has 1 aromatic carbocycles. The summed E-state index contributed by atoms with van der Waals surface area (Å²) in [5, 5.41) is 6.88. The largest absolute Gasteiger partial charge is 0.325 e. The Morgan fingerprint density at radius 3 is 2.72 bits per heavy atom. The smallest absolute Gasteiger partial charge is 0.240 e. The maximum absolute atomic E-state index is 11.4. The highest BCUT2D eigenvalue weighted by atomic mass is 16.2. The quantitative estimate of drug-likeness (QED) is 0.849. The molecule has 0 radical (unpaired) electrons. The zero-order valence-corrected chi connectivity index (χ0v) is 10.2. The zero-order valence-electron chi connectivity index (χ0n) is 10.2. The minimum Gasteiger partial charge on any atom is -0.325 e. The summed E-state index contributed by atoms with van der Waals surface area (Å²) in [5.74, 6) is -0.185. The van der Waals surface area contributed by atoms with Crippen LogP contribution >= 0.6 is 0 Å². The molecule has 0 fully saturated rings. The second-order valence-corrected chi connectivity index (χ2v) is 4.18. The highest BCUT2D eigenvalue weighted by molar-refractivity contribution is 5.94. The van der Waals surface area contributed by atoms with Crippen molar-refractivity contribution in [1.29, 1.82) is 0 Å². The Morgan fingerprint density at radius 2 is 2.17 bits per heavy atom. The monoisotopic (exact) mass is 244 g/mol. The number of benzene rings is 1. The Labute approximate surface area is 106 Å². The minimum absolute atomic E-state index is 0.185. The number of nitrogens with two attached hydrogens (primary N) is 1. The fourth-order valence-electron chi connectivity index (χ4n) is 1.53. The van der Waals surface area contributed by atoms with Crippen LogP contribution in [0.5, 0.6) is 0 Å². The normalized spacial score (nSPS) is 12.1. The van der Waals surface area contributed by atoms with Crippen LogP contribution in [0, 0.1) is 0 Å². The summed E-state index contributed by atoms with van der Waals surface area (Å²) >= 11 is 0. The molecule has 1 heterocycles. The molecule has 0 bridgehead atoms. The second-order valence-electron chi connectivity index (χ2n) is 4.18. The van der Waals surface area contributed by atoms with Gasteiger partial charge in [0.05, 0.1) is 12.6 Å². The third-order valence-electron chi connectivity index (χ3n) is 2.54. The van der Waals surface area contributed by atoms with E-state index in [2.05, 4.69) is 10.4 Å². The Morgan fingerprint density at radius 1 is 1.44 bits per heavy atom. The SMILES string of the molecule is C[C@@H](N)C(=O)Nc1ccc(Cn2cccn2)cc1. The van der Waals surface area contributed by atoms with Crippen LogP contribution < -0.4 is 11.1 Å². The van der Waals surface area contributed by atoms with Crippen LogP contribution in [-0.4, -0.2) is 21.7 Å². The van der Waals surface area contributed by atoms with E-state index in [4.69, 9.17) is 5.73 Å². The standard InChI is InChI=1S/C13H16N4O/c1-10(14)13(18)16-12-5-3-11(4-6-12)9-17-8-2-7-15-17/h2-8,10H,9,14H2,1H3,(H,16,18)/t10-/m1/s1. The Hall–Kier alpha value is -2.14. The number of nitrogens with zero attached hydrogens (tertiary/aromatic N) is 2. The summed E-state index contributed by atoms with van der Waals surface area (Å²) in [4.78, 5) is 11.4. The molecule has 5 nitrogen and oxygen atoms in total. The van der Waals surface area contributed by atoms with Gasteiger partial charge in [-0.05, 0) is 30.7 Å². The molecule has 0 aliphatic heterocycles. The van der Waals surface area contributed by atoms with Gasteiger partial charge < -0.3 is 11.1 Å². The van der Waals surface area contributed by atoms with E-state index in [1.165, 1.54) is 0 Å². The zero-order chi connectivity index (χ0) is 13.0. The number of rotatable bonds is 4. The first-order valence-electron chi connectivity index (χ1n) is 5.78. The lowest BCUT2D eigenvalue weighted by Crippen LogP contribution is -2.32. The molecular formula is C13H16N4O. The van der Waals surface area contributed by atoms with Crippen LogP contribution in [0.3, 0.4) is 0 Å². The number of nitrogens with one attached hydrogen (secondary N) is 1. The Balaban J connectivity index is 1.99. The molecule has 18 heavy (non-hydrogen) atoms. The minimum atomic E-state index is -0.506. The molecule has 2 aromatic rings. The van der Waals surface area contributed by atoms with Crippen LogP contribution in [0.1, 0.15) is 12.5 Å². The number of amides is 1. The van der Waals surface area contributed by atoms with Gasteiger partial charge in [0, 0.05) is 18.1 Å². The van der Waals surface area contributed by atoms with E-state index in [-0.39, 0.29) is 5.91 Å². The summed E-state index contributed by atoms with van der Waals surface area (Å²) in [7, 11) is 0. The van der Waals surface area contributed by atoms with Crippen molar-refractivity contribution in [3.8, 4) is 0 Å². The van der Waals surface area contributed by atoms with E-state index in [0.717, 1.165) is 11.3 Å². The van der Waals surface area contributed by atoms with Crippen molar-refractivity contribution in [3.63, 3.8) is 0 Å². The summed E-state index contributed by atoms with van der Waals surface area (Å²) in [6.45, 7) is 2.37. The molecular weight excluding hydrogens is 228 g/mol. The first-order valence-corrected chi connectivity index (χ1v) is 5.78. The lowest BCUT2D eigenvalue weighted by Gasteiger charge is -2.08. The molecule has 0 unspecified atom stereocenters.